The molecular weight excluding hydrogens is 317 g/mol. The van der Waals surface area contributed by atoms with E-state index in [2.05, 4.69) is 10.2 Å². The maximum atomic E-state index is 13.3. The second kappa shape index (κ2) is 6.84. The number of urea groups is 1. The van der Waals surface area contributed by atoms with Crippen LogP contribution in [0.5, 0.6) is 0 Å². The van der Waals surface area contributed by atoms with Gasteiger partial charge in [-0.25, -0.2) is 9.18 Å². The zero-order chi connectivity index (χ0) is 17.2. The van der Waals surface area contributed by atoms with E-state index in [-0.39, 0.29) is 11.8 Å². The van der Waals surface area contributed by atoms with Crippen molar-refractivity contribution in [3.8, 4) is 11.1 Å². The van der Waals surface area contributed by atoms with Gasteiger partial charge in [0.2, 0.25) is 0 Å². The van der Waals surface area contributed by atoms with Gasteiger partial charge in [-0.05, 0) is 54.8 Å². The highest BCUT2D eigenvalue weighted by Gasteiger charge is 2.32. The number of hydrogen-bond donors (Lipinski definition) is 1. The van der Waals surface area contributed by atoms with Gasteiger partial charge in [0.05, 0.1) is 0 Å². The number of anilines is 1. The van der Waals surface area contributed by atoms with Crippen molar-refractivity contribution in [2.75, 3.05) is 31.5 Å². The maximum Gasteiger partial charge on any atom is 0.321 e. The van der Waals surface area contributed by atoms with Gasteiger partial charge in [0.25, 0.3) is 0 Å². The predicted octanol–water partition coefficient (Wildman–Crippen LogP) is 3.80. The van der Waals surface area contributed by atoms with Crippen molar-refractivity contribution in [1.82, 2.24) is 9.80 Å². The average molecular weight is 339 g/mol. The molecule has 130 valence electrons. The van der Waals surface area contributed by atoms with E-state index in [0.29, 0.717) is 6.04 Å². The summed E-state index contributed by atoms with van der Waals surface area (Å²) in [5, 5.41) is 2.98. The van der Waals surface area contributed by atoms with Gasteiger partial charge in [0, 0.05) is 31.4 Å². The smallest absolute Gasteiger partial charge is 0.321 e. The van der Waals surface area contributed by atoms with E-state index >= 15 is 0 Å². The molecule has 0 unspecified atom stereocenters. The third-order valence-corrected chi connectivity index (χ3v) is 5.17. The van der Waals surface area contributed by atoms with Crippen LogP contribution in [0.25, 0.3) is 11.1 Å². The summed E-state index contributed by atoms with van der Waals surface area (Å²) in [6.07, 6.45) is 2.42. The Kier molecular flexibility index (Phi) is 4.40. The Bertz CT molecular complexity index is 762. The quantitative estimate of drug-likeness (QED) is 0.903. The van der Waals surface area contributed by atoms with Crippen LogP contribution in [0, 0.1) is 5.82 Å². The molecule has 2 aromatic rings. The maximum absolute atomic E-state index is 13.3. The van der Waals surface area contributed by atoms with E-state index < -0.39 is 0 Å². The molecule has 0 saturated carbocycles. The molecule has 2 fully saturated rings. The molecule has 0 spiro atoms. The Morgan fingerprint density at radius 3 is 2.68 bits per heavy atom. The lowest BCUT2D eigenvalue weighted by atomic mass is 10.1. The molecule has 25 heavy (non-hydrogen) atoms. The second-order valence-electron chi connectivity index (χ2n) is 6.80. The number of hydrogen-bond acceptors (Lipinski definition) is 2. The van der Waals surface area contributed by atoms with Crippen molar-refractivity contribution in [3.63, 3.8) is 0 Å². The molecule has 0 aromatic heterocycles. The number of nitrogens with one attached hydrogen (secondary N) is 1. The number of halogens is 1. The van der Waals surface area contributed by atoms with Crippen LogP contribution < -0.4 is 5.32 Å². The normalized spacial score (nSPS) is 20.4. The molecule has 4 rings (SSSR count). The molecule has 2 heterocycles. The first-order valence-electron chi connectivity index (χ1n) is 8.85. The lowest BCUT2D eigenvalue weighted by Gasteiger charge is -2.37. The fraction of sp³-hybridized carbons (Fsp3) is 0.350. The summed E-state index contributed by atoms with van der Waals surface area (Å²) >= 11 is 0. The van der Waals surface area contributed by atoms with Crippen LogP contribution in [0.1, 0.15) is 12.8 Å². The Morgan fingerprint density at radius 1 is 1.04 bits per heavy atom. The molecule has 0 radical (unpaired) electrons. The molecule has 1 N–H and O–H groups in total. The van der Waals surface area contributed by atoms with Gasteiger partial charge in [-0.15, -0.1) is 0 Å². The van der Waals surface area contributed by atoms with Gasteiger partial charge in [-0.2, -0.15) is 0 Å². The fourth-order valence-electron chi connectivity index (χ4n) is 3.79. The van der Waals surface area contributed by atoms with Crippen molar-refractivity contribution >= 4 is 11.7 Å². The molecule has 0 bridgehead atoms. The van der Waals surface area contributed by atoms with Crippen molar-refractivity contribution in [2.24, 2.45) is 0 Å². The molecular formula is C20H22FN3O. The molecule has 2 aliphatic rings. The highest BCUT2D eigenvalue weighted by molar-refractivity contribution is 5.89. The van der Waals surface area contributed by atoms with Crippen LogP contribution in [0.3, 0.4) is 0 Å². The minimum atomic E-state index is -0.249. The van der Waals surface area contributed by atoms with E-state index in [1.165, 1.54) is 31.5 Å². The zero-order valence-electron chi connectivity index (χ0n) is 14.1. The van der Waals surface area contributed by atoms with Gasteiger partial charge >= 0.3 is 6.03 Å². The van der Waals surface area contributed by atoms with Gasteiger partial charge < -0.3 is 10.2 Å². The predicted molar refractivity (Wildman–Crippen MR) is 97.0 cm³/mol. The monoisotopic (exact) mass is 339 g/mol. The molecule has 1 atom stereocenters. The van der Waals surface area contributed by atoms with Crippen LogP contribution in [0.2, 0.25) is 0 Å². The highest BCUT2D eigenvalue weighted by atomic mass is 19.1. The Labute approximate surface area is 147 Å². The van der Waals surface area contributed by atoms with Crippen LogP contribution in [-0.2, 0) is 0 Å². The molecule has 5 heteroatoms. The van der Waals surface area contributed by atoms with Crippen molar-refractivity contribution in [1.29, 1.82) is 0 Å². The van der Waals surface area contributed by atoms with Gasteiger partial charge in [-0.1, -0.05) is 24.3 Å². The number of piperazine rings is 1. The lowest BCUT2D eigenvalue weighted by molar-refractivity contribution is 0.124. The summed E-state index contributed by atoms with van der Waals surface area (Å²) in [5.74, 6) is -0.249. The Hall–Kier alpha value is -2.40. The fourth-order valence-corrected chi connectivity index (χ4v) is 3.79. The lowest BCUT2D eigenvalue weighted by Crippen LogP contribution is -2.53. The van der Waals surface area contributed by atoms with Crippen molar-refractivity contribution < 1.29 is 9.18 Å². The minimum Gasteiger partial charge on any atom is -0.322 e. The summed E-state index contributed by atoms with van der Waals surface area (Å²) in [5.41, 5.74) is 2.52. The number of fused-ring (bicyclic) bond motifs is 1. The average Bonchev–Trinajstić information content (AvgIpc) is 3.10. The number of carbonyl (C=O) groups excluding carboxylic acids is 1. The van der Waals surface area contributed by atoms with E-state index in [1.54, 1.807) is 6.07 Å². The van der Waals surface area contributed by atoms with E-state index in [4.69, 9.17) is 0 Å². The number of nitrogens with zero attached hydrogens (tertiary/aromatic N) is 2. The molecule has 2 aromatic carbocycles. The van der Waals surface area contributed by atoms with Crippen molar-refractivity contribution in [3.05, 3.63) is 54.3 Å². The summed E-state index contributed by atoms with van der Waals surface area (Å²) in [6, 6.07) is 14.5. The second-order valence-corrected chi connectivity index (χ2v) is 6.80. The van der Waals surface area contributed by atoms with Crippen LogP contribution in [0.15, 0.2) is 48.5 Å². The van der Waals surface area contributed by atoms with Crippen LogP contribution >= 0.6 is 0 Å². The summed E-state index contributed by atoms with van der Waals surface area (Å²) in [7, 11) is 0. The largest absolute Gasteiger partial charge is 0.322 e. The highest BCUT2D eigenvalue weighted by Crippen LogP contribution is 2.24. The molecule has 2 amide bonds. The summed E-state index contributed by atoms with van der Waals surface area (Å²) in [4.78, 5) is 16.9. The summed E-state index contributed by atoms with van der Waals surface area (Å²) in [6.45, 7) is 3.73. The summed E-state index contributed by atoms with van der Waals surface area (Å²) < 4.78 is 13.3. The number of carbonyl (C=O) groups is 1. The zero-order valence-corrected chi connectivity index (χ0v) is 14.1. The first kappa shape index (κ1) is 16.1. The van der Waals surface area contributed by atoms with E-state index in [1.807, 2.05) is 35.2 Å². The van der Waals surface area contributed by atoms with Crippen LogP contribution in [0.4, 0.5) is 14.9 Å². The third kappa shape index (κ3) is 3.51. The molecule has 2 aliphatic heterocycles. The topological polar surface area (TPSA) is 35.6 Å². The third-order valence-electron chi connectivity index (χ3n) is 5.17. The SMILES string of the molecule is O=C(Nc1ccc(-c2cccc(F)c2)cc1)N1CCN2CCC[C@@H]2C1. The number of amides is 2. The van der Waals surface area contributed by atoms with E-state index in [0.717, 1.165) is 36.4 Å². The van der Waals surface area contributed by atoms with E-state index in [9.17, 15) is 9.18 Å². The Morgan fingerprint density at radius 2 is 1.88 bits per heavy atom. The molecule has 4 nitrogen and oxygen atoms in total. The number of rotatable bonds is 2. The molecule has 0 aliphatic carbocycles. The Balaban J connectivity index is 1.40. The minimum absolute atomic E-state index is 0.0370. The first-order chi connectivity index (χ1) is 12.2. The standard InChI is InChI=1S/C20H22FN3O/c21-17-4-1-3-16(13-17)15-6-8-18(9-7-15)22-20(25)24-12-11-23-10-2-5-19(23)14-24/h1,3-4,6-9,13,19H,2,5,10-12,14H2,(H,22,25)/t19-/m1/s1. The van der Waals surface area contributed by atoms with Gasteiger partial charge in [-0.3, -0.25) is 4.90 Å². The first-order valence-corrected chi connectivity index (χ1v) is 8.85. The number of benzene rings is 2. The van der Waals surface area contributed by atoms with Crippen LogP contribution in [-0.4, -0.2) is 48.1 Å². The van der Waals surface area contributed by atoms with Gasteiger partial charge in [0.1, 0.15) is 5.82 Å². The molecule has 2 saturated heterocycles. The van der Waals surface area contributed by atoms with Gasteiger partial charge in [0.15, 0.2) is 0 Å². The van der Waals surface area contributed by atoms with Crippen molar-refractivity contribution in [2.45, 2.75) is 18.9 Å².